The molecule has 1 saturated heterocycles. The number of likely N-dealkylation sites (N-methyl/N-ethyl adjacent to an activating group) is 1. The van der Waals surface area contributed by atoms with Crippen molar-refractivity contribution in [2.75, 3.05) is 25.1 Å². The minimum absolute atomic E-state index is 0.304. The Hall–Kier alpha value is -0.580. The largest absolute Gasteiger partial charge is 0.376 e. The van der Waals surface area contributed by atoms with Crippen LogP contribution in [0, 0.1) is 0 Å². The van der Waals surface area contributed by atoms with Crippen LogP contribution in [0.15, 0.2) is 22.7 Å². The summed E-state index contributed by atoms with van der Waals surface area (Å²) in [6.45, 7) is 7.06. The van der Waals surface area contributed by atoms with Crippen LogP contribution in [0.3, 0.4) is 0 Å². The van der Waals surface area contributed by atoms with Crippen LogP contribution in [0.1, 0.15) is 25.8 Å². The Balaban J connectivity index is 2.11. The topological polar surface area (TPSA) is 24.5 Å². The van der Waals surface area contributed by atoms with E-state index in [0.29, 0.717) is 12.1 Å². The first kappa shape index (κ1) is 14.8. The summed E-state index contributed by atoms with van der Waals surface area (Å²) in [6.07, 6.45) is 1.40. The van der Waals surface area contributed by atoms with Crippen LogP contribution in [0.4, 0.5) is 5.69 Å². The standard InChI is InChI=1S/C15H23BrN2O/c1-4-17-10-12-5-6-15(13(16)9-12)18(3)14-7-8-19-11(14)2/h5-6,9,11,14,17H,4,7-8,10H2,1-3H3. The molecule has 1 aliphatic heterocycles. The van der Waals surface area contributed by atoms with Gasteiger partial charge in [0.25, 0.3) is 0 Å². The lowest BCUT2D eigenvalue weighted by atomic mass is 10.1. The number of nitrogens with zero attached hydrogens (tertiary/aromatic N) is 1. The predicted octanol–water partition coefficient (Wildman–Crippen LogP) is 3.17. The number of benzene rings is 1. The van der Waals surface area contributed by atoms with E-state index in [0.717, 1.165) is 30.6 Å². The highest BCUT2D eigenvalue weighted by Gasteiger charge is 2.28. The molecule has 1 aliphatic rings. The third-order valence-corrected chi connectivity index (χ3v) is 4.44. The highest BCUT2D eigenvalue weighted by molar-refractivity contribution is 9.10. The van der Waals surface area contributed by atoms with Crippen LogP contribution in [-0.2, 0) is 11.3 Å². The molecule has 2 unspecified atom stereocenters. The Morgan fingerprint density at radius 2 is 2.26 bits per heavy atom. The van der Waals surface area contributed by atoms with Crippen molar-refractivity contribution < 1.29 is 4.74 Å². The SMILES string of the molecule is CCNCc1ccc(N(C)C2CCOC2C)c(Br)c1. The van der Waals surface area contributed by atoms with Crippen LogP contribution in [-0.4, -0.2) is 32.3 Å². The smallest absolute Gasteiger partial charge is 0.0750 e. The number of nitrogens with one attached hydrogen (secondary N) is 1. The average Bonchev–Trinajstić information content (AvgIpc) is 2.82. The van der Waals surface area contributed by atoms with Gasteiger partial charge in [0.05, 0.1) is 17.8 Å². The van der Waals surface area contributed by atoms with E-state index in [1.54, 1.807) is 0 Å². The van der Waals surface area contributed by atoms with Crippen molar-refractivity contribution in [3.05, 3.63) is 28.2 Å². The average molecular weight is 327 g/mol. The number of rotatable bonds is 5. The van der Waals surface area contributed by atoms with Crippen molar-refractivity contribution in [2.45, 2.75) is 39.0 Å². The van der Waals surface area contributed by atoms with Gasteiger partial charge in [-0.2, -0.15) is 0 Å². The molecule has 1 fully saturated rings. The van der Waals surface area contributed by atoms with Crippen molar-refractivity contribution >= 4 is 21.6 Å². The maximum atomic E-state index is 5.66. The van der Waals surface area contributed by atoms with Gasteiger partial charge in [-0.15, -0.1) is 0 Å². The molecule has 1 aromatic carbocycles. The zero-order valence-electron chi connectivity index (χ0n) is 11.9. The second-order valence-corrected chi connectivity index (χ2v) is 5.96. The highest BCUT2D eigenvalue weighted by atomic mass is 79.9. The molecule has 0 saturated carbocycles. The molecular weight excluding hydrogens is 304 g/mol. The summed E-state index contributed by atoms with van der Waals surface area (Å²) >= 11 is 3.70. The Bertz CT molecular complexity index is 425. The van der Waals surface area contributed by atoms with Gasteiger partial charge in [0, 0.05) is 24.7 Å². The van der Waals surface area contributed by atoms with Gasteiger partial charge < -0.3 is 15.0 Å². The first-order valence-electron chi connectivity index (χ1n) is 6.97. The molecule has 0 bridgehead atoms. The summed E-state index contributed by atoms with van der Waals surface area (Å²) in [7, 11) is 2.15. The molecule has 1 aromatic rings. The summed E-state index contributed by atoms with van der Waals surface area (Å²) < 4.78 is 6.81. The molecule has 106 valence electrons. The highest BCUT2D eigenvalue weighted by Crippen LogP contribution is 2.31. The van der Waals surface area contributed by atoms with E-state index in [2.05, 4.69) is 65.2 Å². The van der Waals surface area contributed by atoms with Gasteiger partial charge in [-0.1, -0.05) is 13.0 Å². The lowest BCUT2D eigenvalue weighted by molar-refractivity contribution is 0.118. The zero-order valence-corrected chi connectivity index (χ0v) is 13.5. The third kappa shape index (κ3) is 3.50. The van der Waals surface area contributed by atoms with Crippen molar-refractivity contribution in [3.8, 4) is 0 Å². The van der Waals surface area contributed by atoms with E-state index in [1.165, 1.54) is 11.3 Å². The fourth-order valence-corrected chi connectivity index (χ4v) is 3.33. The number of hydrogen-bond donors (Lipinski definition) is 1. The van der Waals surface area contributed by atoms with Crippen LogP contribution in [0.5, 0.6) is 0 Å². The van der Waals surface area contributed by atoms with Crippen molar-refractivity contribution in [1.82, 2.24) is 5.32 Å². The Morgan fingerprint density at radius 3 is 2.84 bits per heavy atom. The van der Waals surface area contributed by atoms with Crippen LogP contribution in [0.25, 0.3) is 0 Å². The van der Waals surface area contributed by atoms with Gasteiger partial charge in [-0.05, 0) is 53.5 Å². The summed E-state index contributed by atoms with van der Waals surface area (Å²) in [5, 5.41) is 3.35. The number of anilines is 1. The molecule has 4 heteroatoms. The first-order chi connectivity index (χ1) is 9.13. The normalized spacial score (nSPS) is 22.7. The summed E-state index contributed by atoms with van der Waals surface area (Å²) in [5.41, 5.74) is 2.55. The molecule has 19 heavy (non-hydrogen) atoms. The van der Waals surface area contributed by atoms with E-state index in [4.69, 9.17) is 4.74 Å². The molecule has 0 amide bonds. The lowest BCUT2D eigenvalue weighted by Gasteiger charge is -2.29. The second kappa shape index (κ2) is 6.73. The zero-order chi connectivity index (χ0) is 13.8. The van der Waals surface area contributed by atoms with Gasteiger partial charge in [-0.3, -0.25) is 0 Å². The fourth-order valence-electron chi connectivity index (χ4n) is 2.62. The summed E-state index contributed by atoms with van der Waals surface area (Å²) in [4.78, 5) is 2.33. The Morgan fingerprint density at radius 1 is 1.47 bits per heavy atom. The minimum Gasteiger partial charge on any atom is -0.376 e. The van der Waals surface area contributed by atoms with Crippen molar-refractivity contribution in [2.24, 2.45) is 0 Å². The molecule has 0 spiro atoms. The molecule has 0 radical (unpaired) electrons. The summed E-state index contributed by atoms with van der Waals surface area (Å²) in [6, 6.07) is 7.06. The van der Waals surface area contributed by atoms with E-state index in [1.807, 2.05) is 0 Å². The lowest BCUT2D eigenvalue weighted by Crippen LogP contribution is -2.36. The third-order valence-electron chi connectivity index (χ3n) is 3.80. The summed E-state index contributed by atoms with van der Waals surface area (Å²) in [5.74, 6) is 0. The van der Waals surface area contributed by atoms with Crippen LogP contribution >= 0.6 is 15.9 Å². The predicted molar refractivity (Wildman–Crippen MR) is 83.7 cm³/mol. The molecule has 1 heterocycles. The molecule has 3 nitrogen and oxygen atoms in total. The number of ether oxygens (including phenoxy) is 1. The Labute approximate surface area is 124 Å². The first-order valence-corrected chi connectivity index (χ1v) is 7.76. The maximum absolute atomic E-state index is 5.66. The monoisotopic (exact) mass is 326 g/mol. The van der Waals surface area contributed by atoms with Crippen molar-refractivity contribution in [1.29, 1.82) is 0 Å². The van der Waals surface area contributed by atoms with Gasteiger partial charge in [-0.25, -0.2) is 0 Å². The molecule has 1 N–H and O–H groups in total. The molecule has 2 atom stereocenters. The quantitative estimate of drug-likeness (QED) is 0.899. The number of hydrogen-bond acceptors (Lipinski definition) is 3. The molecule has 0 aliphatic carbocycles. The second-order valence-electron chi connectivity index (χ2n) is 5.11. The van der Waals surface area contributed by atoms with Gasteiger partial charge >= 0.3 is 0 Å². The van der Waals surface area contributed by atoms with Gasteiger partial charge in [0.2, 0.25) is 0 Å². The van der Waals surface area contributed by atoms with Crippen LogP contribution in [0.2, 0.25) is 0 Å². The maximum Gasteiger partial charge on any atom is 0.0750 e. The van der Waals surface area contributed by atoms with E-state index >= 15 is 0 Å². The molecular formula is C15H23BrN2O. The van der Waals surface area contributed by atoms with Crippen LogP contribution < -0.4 is 10.2 Å². The van der Waals surface area contributed by atoms with E-state index in [9.17, 15) is 0 Å². The van der Waals surface area contributed by atoms with Gasteiger partial charge in [0.15, 0.2) is 0 Å². The number of halogens is 1. The fraction of sp³-hybridized carbons (Fsp3) is 0.600. The van der Waals surface area contributed by atoms with E-state index in [-0.39, 0.29) is 0 Å². The van der Waals surface area contributed by atoms with E-state index < -0.39 is 0 Å². The molecule has 0 aromatic heterocycles. The van der Waals surface area contributed by atoms with Crippen molar-refractivity contribution in [3.63, 3.8) is 0 Å². The van der Waals surface area contributed by atoms with Gasteiger partial charge in [0.1, 0.15) is 0 Å². The Kier molecular flexibility index (Phi) is 5.25. The molecule has 2 rings (SSSR count). The minimum atomic E-state index is 0.304.